The Bertz CT molecular complexity index is 1270. The third kappa shape index (κ3) is 8.39. The molecule has 0 unspecified atom stereocenters. The molecule has 0 aromatic heterocycles. The topological polar surface area (TPSA) is 226 Å². The Balaban J connectivity index is 2.05. The number of carbonyl (C=O) groups excluding carboxylic acids is 4. The zero-order chi connectivity index (χ0) is 30.1. The molecule has 3 atom stereocenters. The van der Waals surface area contributed by atoms with Gasteiger partial charge in [-0.25, -0.2) is 0 Å². The maximum absolute atomic E-state index is 13.5. The molecule has 0 saturated heterocycles. The number of nitrogens with one attached hydrogen (secondary N) is 3. The fourth-order valence-corrected chi connectivity index (χ4v) is 4.58. The third-order valence-corrected chi connectivity index (χ3v) is 6.86. The summed E-state index contributed by atoms with van der Waals surface area (Å²) in [5.74, 6) is -2.40. The van der Waals surface area contributed by atoms with E-state index in [0.717, 1.165) is 0 Å². The molecular formula is C28H39N7O6. The summed E-state index contributed by atoms with van der Waals surface area (Å²) in [5.41, 5.74) is 19.4. The first-order valence-electron chi connectivity index (χ1n) is 13.5. The highest BCUT2D eigenvalue weighted by molar-refractivity contribution is 5.94. The molecule has 13 heteroatoms. The van der Waals surface area contributed by atoms with Crippen molar-refractivity contribution >= 4 is 23.6 Å². The Morgan fingerprint density at radius 1 is 0.951 bits per heavy atom. The number of fused-ring (bicyclic) bond motifs is 5. The van der Waals surface area contributed by atoms with Crippen LogP contribution < -0.4 is 33.2 Å². The summed E-state index contributed by atoms with van der Waals surface area (Å²) < 4.78 is 0. The molecule has 1 aliphatic rings. The van der Waals surface area contributed by atoms with E-state index in [4.69, 9.17) is 17.2 Å². The highest BCUT2D eigenvalue weighted by Crippen LogP contribution is 2.31. The molecule has 0 radical (unpaired) electrons. The number of phenolic OH excluding ortho intramolecular Hbond substituents is 2. The van der Waals surface area contributed by atoms with Gasteiger partial charge in [-0.1, -0.05) is 12.1 Å². The smallest absolute Gasteiger partial charge is 0.245 e. The van der Waals surface area contributed by atoms with Gasteiger partial charge < -0.3 is 48.3 Å². The van der Waals surface area contributed by atoms with Crippen molar-refractivity contribution in [2.75, 3.05) is 33.2 Å². The van der Waals surface area contributed by atoms with E-state index >= 15 is 0 Å². The lowest BCUT2D eigenvalue weighted by atomic mass is 9.95. The van der Waals surface area contributed by atoms with Crippen LogP contribution in [0.25, 0.3) is 11.1 Å². The number of rotatable bonds is 8. The van der Waals surface area contributed by atoms with Crippen LogP contribution in [0.3, 0.4) is 0 Å². The van der Waals surface area contributed by atoms with Crippen molar-refractivity contribution in [2.45, 2.75) is 43.8 Å². The van der Waals surface area contributed by atoms with Gasteiger partial charge in [0, 0.05) is 33.0 Å². The first-order chi connectivity index (χ1) is 19.5. The molecule has 0 aliphatic carbocycles. The maximum Gasteiger partial charge on any atom is 0.245 e. The highest BCUT2D eigenvalue weighted by atomic mass is 16.3. The lowest BCUT2D eigenvalue weighted by molar-refractivity contribution is -0.139. The van der Waals surface area contributed by atoms with Crippen molar-refractivity contribution in [1.29, 1.82) is 0 Å². The number of aromatic hydroxyl groups is 2. The number of nitrogens with two attached hydrogens (primary N) is 3. The molecule has 4 amide bonds. The van der Waals surface area contributed by atoms with E-state index in [-0.39, 0.29) is 56.9 Å². The Labute approximate surface area is 238 Å². The number of nitrogens with zero attached hydrogens (tertiary/aromatic N) is 1. The number of phenols is 2. The van der Waals surface area contributed by atoms with E-state index in [1.54, 1.807) is 24.3 Å². The molecule has 1 heterocycles. The zero-order valence-corrected chi connectivity index (χ0v) is 23.1. The number of amides is 4. The molecule has 0 saturated carbocycles. The summed E-state index contributed by atoms with van der Waals surface area (Å²) in [4.78, 5) is 53.4. The SMILES string of the molecule is CN(CC(=O)NCCN)C(=O)[C@@H]1Cc2cc(ccc2O)-c2ccc(O)c(c2)C[C@H](N)C(=O)N[C@@H](CCCN)C(=O)N1. The molecule has 11 N–H and O–H groups in total. The van der Waals surface area contributed by atoms with Crippen molar-refractivity contribution in [3.05, 3.63) is 47.5 Å². The van der Waals surface area contributed by atoms with Gasteiger partial charge in [0.25, 0.3) is 0 Å². The van der Waals surface area contributed by atoms with Crippen LogP contribution in [0.4, 0.5) is 0 Å². The van der Waals surface area contributed by atoms with Crippen molar-refractivity contribution in [2.24, 2.45) is 17.2 Å². The van der Waals surface area contributed by atoms with E-state index in [1.165, 1.54) is 24.1 Å². The summed E-state index contributed by atoms with van der Waals surface area (Å²) in [6.45, 7) is 0.455. The number of hydrogen-bond acceptors (Lipinski definition) is 9. The predicted octanol–water partition coefficient (Wildman–Crippen LogP) is -1.57. The average Bonchev–Trinajstić information content (AvgIpc) is 2.94. The largest absolute Gasteiger partial charge is 0.508 e. The first-order valence-corrected chi connectivity index (χ1v) is 13.5. The lowest BCUT2D eigenvalue weighted by Crippen LogP contribution is -2.57. The highest BCUT2D eigenvalue weighted by Gasteiger charge is 2.31. The molecule has 3 rings (SSSR count). The van der Waals surface area contributed by atoms with E-state index in [0.29, 0.717) is 28.7 Å². The Hall–Kier alpha value is -4.20. The van der Waals surface area contributed by atoms with E-state index in [9.17, 15) is 29.4 Å². The minimum absolute atomic E-state index is 0.000197. The summed E-state index contributed by atoms with van der Waals surface area (Å²) >= 11 is 0. The quantitative estimate of drug-likeness (QED) is 0.183. The van der Waals surface area contributed by atoms with Crippen LogP contribution in [0.2, 0.25) is 0 Å². The monoisotopic (exact) mass is 569 g/mol. The van der Waals surface area contributed by atoms with Gasteiger partial charge in [-0.2, -0.15) is 0 Å². The second-order valence-corrected chi connectivity index (χ2v) is 10.1. The molecule has 0 spiro atoms. The van der Waals surface area contributed by atoms with Crippen LogP contribution in [0.15, 0.2) is 36.4 Å². The normalized spacial score (nSPS) is 19.3. The van der Waals surface area contributed by atoms with Gasteiger partial charge in [-0.15, -0.1) is 0 Å². The maximum atomic E-state index is 13.5. The van der Waals surface area contributed by atoms with Gasteiger partial charge >= 0.3 is 0 Å². The average molecular weight is 570 g/mol. The van der Waals surface area contributed by atoms with Crippen LogP contribution in [-0.4, -0.2) is 90.1 Å². The van der Waals surface area contributed by atoms with Crippen molar-refractivity contribution in [1.82, 2.24) is 20.9 Å². The van der Waals surface area contributed by atoms with Crippen LogP contribution >= 0.6 is 0 Å². The van der Waals surface area contributed by atoms with E-state index in [1.807, 2.05) is 0 Å². The van der Waals surface area contributed by atoms with E-state index < -0.39 is 41.8 Å². The van der Waals surface area contributed by atoms with E-state index in [2.05, 4.69) is 16.0 Å². The van der Waals surface area contributed by atoms with Crippen molar-refractivity contribution in [3.8, 4) is 22.6 Å². The lowest BCUT2D eigenvalue weighted by Gasteiger charge is -2.27. The Kier molecular flexibility index (Phi) is 11.0. The molecule has 2 aromatic rings. The summed E-state index contributed by atoms with van der Waals surface area (Å²) in [6.07, 6.45) is 0.473. The first kappa shape index (κ1) is 31.3. The molecule has 0 fully saturated rings. The van der Waals surface area contributed by atoms with Gasteiger partial charge in [0.2, 0.25) is 23.6 Å². The fraction of sp³-hybridized carbons (Fsp3) is 0.429. The summed E-state index contributed by atoms with van der Waals surface area (Å²) in [7, 11) is 1.42. The van der Waals surface area contributed by atoms with Crippen LogP contribution in [0, 0.1) is 0 Å². The molecular weight excluding hydrogens is 530 g/mol. The van der Waals surface area contributed by atoms with Crippen LogP contribution in [-0.2, 0) is 32.0 Å². The third-order valence-electron chi connectivity index (χ3n) is 6.86. The number of likely N-dealkylation sites (N-methyl/N-ethyl adjacent to an activating group) is 1. The minimum atomic E-state index is -1.19. The van der Waals surface area contributed by atoms with Gasteiger partial charge in [-0.3, -0.25) is 19.2 Å². The predicted molar refractivity (Wildman–Crippen MR) is 152 cm³/mol. The number of benzene rings is 2. The Morgan fingerprint density at radius 3 is 2.15 bits per heavy atom. The van der Waals surface area contributed by atoms with Crippen molar-refractivity contribution in [3.63, 3.8) is 0 Å². The standard InChI is InChI=1S/C28H39N7O6/c1-35(15-25(38)32-10-9-30)28(41)22-14-19-12-17(5-7-24(19)37)16-4-6-23(36)18(11-16)13-20(31)26(39)33-21(3-2-8-29)27(40)34-22/h4-7,11-12,20-22,36-37H,2-3,8-10,13-15,29-31H2,1H3,(H,32,38)(H,33,39)(H,34,40)/t20-,21-,22-/m0/s1. The van der Waals surface area contributed by atoms with Gasteiger partial charge in [-0.05, 0) is 65.9 Å². The van der Waals surface area contributed by atoms with Crippen LogP contribution in [0.5, 0.6) is 11.5 Å². The van der Waals surface area contributed by atoms with Crippen molar-refractivity contribution < 1.29 is 29.4 Å². The summed E-state index contributed by atoms with van der Waals surface area (Å²) in [6, 6.07) is 6.37. The molecule has 2 aromatic carbocycles. The van der Waals surface area contributed by atoms with Crippen LogP contribution in [0.1, 0.15) is 24.0 Å². The van der Waals surface area contributed by atoms with Gasteiger partial charge in [0.05, 0.1) is 12.6 Å². The molecule has 41 heavy (non-hydrogen) atoms. The fourth-order valence-electron chi connectivity index (χ4n) is 4.58. The van der Waals surface area contributed by atoms with Gasteiger partial charge in [0.15, 0.2) is 0 Å². The minimum Gasteiger partial charge on any atom is -0.508 e. The number of carbonyl (C=O) groups is 4. The summed E-state index contributed by atoms with van der Waals surface area (Å²) in [5, 5.41) is 29.0. The number of hydrogen-bond donors (Lipinski definition) is 8. The molecule has 13 nitrogen and oxygen atoms in total. The zero-order valence-electron chi connectivity index (χ0n) is 23.1. The molecule has 1 aliphatic heterocycles. The van der Waals surface area contributed by atoms with Gasteiger partial charge in [0.1, 0.15) is 23.6 Å². The second kappa shape index (κ2) is 14.4. The molecule has 4 bridgehead atoms. The second-order valence-electron chi connectivity index (χ2n) is 10.1. The molecule has 222 valence electrons. The Morgan fingerprint density at radius 2 is 1.56 bits per heavy atom.